The minimum atomic E-state index is -1.42. The van der Waals surface area contributed by atoms with Gasteiger partial charge in [0.05, 0.1) is 68.9 Å². The molecule has 4 aliphatic heterocycles. The molecule has 4 aliphatic rings. The summed E-state index contributed by atoms with van der Waals surface area (Å²) in [5, 5.41) is 82.9. The van der Waals surface area contributed by atoms with Gasteiger partial charge in [-0.1, -0.05) is 0 Å². The van der Waals surface area contributed by atoms with Crippen LogP contribution in [0, 0.1) is 0 Å². The van der Waals surface area contributed by atoms with E-state index in [2.05, 4.69) is 70.4 Å². The van der Waals surface area contributed by atoms with Crippen molar-refractivity contribution in [2.45, 2.75) is 98.7 Å². The Labute approximate surface area is 505 Å². The smallest absolute Gasteiger partial charge is 0.280 e. The Bertz CT molecular complexity index is 4790. The van der Waals surface area contributed by atoms with Gasteiger partial charge in [-0.15, -0.1) is 0 Å². The van der Waals surface area contributed by atoms with Gasteiger partial charge in [0.2, 0.25) is 35.3 Å². The van der Waals surface area contributed by atoms with E-state index in [-0.39, 0.29) is 100 Å². The summed E-state index contributed by atoms with van der Waals surface area (Å²) in [4.78, 5) is 134. The lowest BCUT2D eigenvalue weighted by Gasteiger charge is -2.25. The van der Waals surface area contributed by atoms with Crippen molar-refractivity contribution in [2.75, 3.05) is 59.9 Å². The number of aliphatic hydroxyl groups is 6. The summed E-state index contributed by atoms with van der Waals surface area (Å²) in [6, 6.07) is -1.84. The maximum Gasteiger partial charge on any atom is 0.280 e. The van der Waals surface area contributed by atoms with Gasteiger partial charge in [0.15, 0.2) is 57.1 Å². The summed E-state index contributed by atoms with van der Waals surface area (Å²) in [6.07, 6.45) is -4.69. The Hall–Kier alpha value is -10.5. The zero-order valence-electron chi connectivity index (χ0n) is 46.9. The number of rotatable bonds is 12. The number of nitrogens with zero attached hydrogens (tertiary/aromatic N) is 12. The van der Waals surface area contributed by atoms with Gasteiger partial charge >= 0.3 is 0 Å². The van der Waals surface area contributed by atoms with Crippen molar-refractivity contribution in [1.29, 1.82) is 0 Å². The molecule has 12 heterocycles. The highest BCUT2D eigenvalue weighted by atomic mass is 16.6. The molecule has 44 heteroatoms. The molecule has 488 valence electrons. The van der Waals surface area contributed by atoms with Crippen LogP contribution in [0.25, 0.3) is 44.7 Å². The molecule has 0 unspecified atom stereocenters. The molecule has 14 atom stereocenters. The lowest BCUT2D eigenvalue weighted by molar-refractivity contribution is -0.0488. The van der Waals surface area contributed by atoms with Gasteiger partial charge in [-0.25, -0.2) is 19.9 Å². The molecule has 4 saturated heterocycles. The molecule has 4 fully saturated rings. The largest absolute Gasteiger partial charge is 0.501 e. The van der Waals surface area contributed by atoms with E-state index >= 15 is 0 Å². The number of anilines is 6. The van der Waals surface area contributed by atoms with Crippen LogP contribution in [0.3, 0.4) is 0 Å². The highest BCUT2D eigenvalue weighted by molar-refractivity contribution is 5.75. The number of nitrogens with one attached hydrogen (secondary N) is 6. The number of aliphatic hydroxyl groups excluding tert-OH is 6. The fourth-order valence-corrected chi connectivity index (χ4v) is 10.6. The Kier molecular flexibility index (Phi) is 16.9. The van der Waals surface area contributed by atoms with Gasteiger partial charge in [0.1, 0.15) is 54.4 Å². The number of imidazole rings is 4. The fraction of sp³-hybridized carbons (Fsp3) is 0.417. The summed E-state index contributed by atoms with van der Waals surface area (Å²) in [7, 11) is 0. The van der Waals surface area contributed by atoms with E-state index in [0.717, 1.165) is 0 Å². The Balaban J connectivity index is 0.000000151. The summed E-state index contributed by atoms with van der Waals surface area (Å²) in [5.74, 6) is -2.01. The van der Waals surface area contributed by atoms with Crippen molar-refractivity contribution in [3.05, 3.63) is 108 Å². The molecule has 0 spiro atoms. The number of aromatic amines is 4. The molecule has 8 aromatic heterocycles. The van der Waals surface area contributed by atoms with E-state index < -0.39 is 148 Å². The van der Waals surface area contributed by atoms with Crippen molar-refractivity contribution in [3.63, 3.8) is 0 Å². The van der Waals surface area contributed by atoms with Crippen LogP contribution in [0.4, 0.5) is 35.2 Å². The van der Waals surface area contributed by atoms with Gasteiger partial charge in [0.25, 0.3) is 44.0 Å². The van der Waals surface area contributed by atoms with Gasteiger partial charge in [-0.05, 0) is 0 Å². The van der Waals surface area contributed by atoms with Crippen molar-refractivity contribution < 1.29 is 59.8 Å². The van der Waals surface area contributed by atoms with E-state index in [1.54, 1.807) is 4.57 Å². The molecule has 0 amide bonds. The first-order valence-electron chi connectivity index (χ1n) is 27.3. The summed E-state index contributed by atoms with van der Waals surface area (Å²) in [5.41, 5.74) is 28.5. The van der Waals surface area contributed by atoms with E-state index in [4.69, 9.17) is 68.7 Å². The van der Waals surface area contributed by atoms with Crippen molar-refractivity contribution in [1.82, 2.24) is 78.1 Å². The average molecular weight is 1290 g/mol. The third-order valence-corrected chi connectivity index (χ3v) is 15.3. The minimum Gasteiger partial charge on any atom is -0.501 e. The maximum absolute atomic E-state index is 12.6. The average Bonchev–Trinajstić information content (AvgIpc) is 1.50. The van der Waals surface area contributed by atoms with E-state index in [9.17, 15) is 63.9 Å². The number of nitrogens with two attached hydrogens (primary N) is 6. The topological polar surface area (TPSA) is 702 Å². The summed E-state index contributed by atoms with van der Waals surface area (Å²) < 4.78 is 28.5. The van der Waals surface area contributed by atoms with Crippen LogP contribution in [0.5, 0.6) is 11.5 Å². The highest BCUT2D eigenvalue weighted by Gasteiger charge is 2.47. The van der Waals surface area contributed by atoms with E-state index in [1.165, 1.54) is 39.0 Å². The monoisotopic (exact) mass is 1290 g/mol. The summed E-state index contributed by atoms with van der Waals surface area (Å²) in [6.45, 7) is -0.776. The van der Waals surface area contributed by atoms with Crippen LogP contribution >= 0.6 is 0 Å². The Morgan fingerprint density at radius 3 is 1.26 bits per heavy atom. The van der Waals surface area contributed by atoms with Crippen molar-refractivity contribution >= 4 is 79.8 Å². The first-order chi connectivity index (χ1) is 43.8. The number of ether oxygens (including phenoxy) is 4. The number of aromatic hydroxyl groups is 2. The van der Waals surface area contributed by atoms with Gasteiger partial charge in [0, 0.05) is 25.9 Å². The molecule has 0 saturated carbocycles. The lowest BCUT2D eigenvalue weighted by atomic mass is 10.0. The van der Waals surface area contributed by atoms with Crippen molar-refractivity contribution in [2.24, 2.45) is 11.5 Å². The Morgan fingerprint density at radius 2 is 0.870 bits per heavy atom. The van der Waals surface area contributed by atoms with Crippen LogP contribution in [-0.2, 0) is 18.9 Å². The number of hydrogen-bond donors (Lipinski definition) is 20. The third kappa shape index (κ3) is 11.3. The van der Waals surface area contributed by atoms with Crippen molar-refractivity contribution in [3.8, 4) is 11.5 Å². The normalized spacial score (nSPS) is 26.1. The standard InChI is InChI=1S/C24H26N12O9.C10H14N6O4.C10H14N6O3.C4H2O4/c25-23-31-18-13(20(42)33-23)28-4-35(18)9-1-6(38)7(44-9)2-27-11-12(16(40)15(11)39)30-10-8(3-37)45-22(17(10)41)36-5-29-14-19(36)32-24(26)34-21(14)43;11-4-3(1-17)20-9(6(4)18)16-2-13-5-7(16)14-10(12)15-8(5)19;11-2-5-4(17)1-6(19-5)16-3-13-7-8(16)14-10(12)15-9(7)18;5-1-2(6)4(8)3(1)7/h4-10,17,22,27,30,37-38,41H,1-3H2,(H3,25,31,33,42)(H3,26,32,34,43);2-4,6,9,17-18H,1,11H2,(H3,12,14,15,19);3-6,17H,1-2,11H2,(H3,12,14,15,18);5-6H/t6-,7+,8+,9+,10+,17+,22+;3-,4-,6-,9-;4-,5+,6+;/m010./s1. The first-order valence-corrected chi connectivity index (χ1v) is 27.3. The molecule has 0 radical (unpaired) electrons. The molecule has 92 heavy (non-hydrogen) atoms. The van der Waals surface area contributed by atoms with Gasteiger partial charge in [-0.2, -0.15) is 19.9 Å². The minimum absolute atomic E-state index is 0.00757. The number of aromatic nitrogens is 16. The molecule has 10 aromatic rings. The second kappa shape index (κ2) is 24.7. The van der Waals surface area contributed by atoms with Crippen LogP contribution in [-0.4, -0.2) is 206 Å². The molecule has 26 N–H and O–H groups in total. The SMILES string of the molecule is NC[C@H]1O[C@@H](n2cnc3c(=O)[nH]c(N)nc32)C[C@@H]1O.Nc1nc2c(ncn2[C@@H]2O[C@H](CO)[C@@H](N)[C@H]2O)c(=O)[nH]1.Nc1nc2c(ncn2[C@@H]2O[C@H](CO)[C@@H](Nc3c(NC[C@H]4O[C@@H](n5cnc6c(=O)[nH]c(N)nc65)C[C@@H]4O)c(=O)c3=O)[C@H]2O)c(=O)[nH]1.O=c1c(O)c(O)c1=O. The molecule has 2 aromatic carbocycles. The molecule has 0 bridgehead atoms. The van der Waals surface area contributed by atoms with E-state index in [1.807, 2.05) is 0 Å². The van der Waals surface area contributed by atoms with Crippen LogP contribution in [0.1, 0.15) is 37.8 Å². The van der Waals surface area contributed by atoms with Gasteiger partial charge in [-0.3, -0.25) is 76.6 Å². The molecular formula is C48H56N24O20. The molecule has 44 nitrogen and oxygen atoms in total. The van der Waals surface area contributed by atoms with Crippen LogP contribution < -0.4 is 89.0 Å². The molecule has 14 rings (SSSR count). The zero-order chi connectivity index (χ0) is 66.0. The fourth-order valence-electron chi connectivity index (χ4n) is 10.6. The quantitative estimate of drug-likeness (QED) is 0.0505. The number of H-pyrrole nitrogens is 4. The van der Waals surface area contributed by atoms with E-state index in [0.29, 0.717) is 12.1 Å². The number of hydrogen-bond acceptors (Lipinski definition) is 36. The predicted molar refractivity (Wildman–Crippen MR) is 312 cm³/mol. The first kappa shape index (κ1) is 63.1. The molecule has 0 aliphatic carbocycles. The predicted octanol–water partition coefficient (Wildman–Crippen LogP) is -9.91. The second-order valence-electron chi connectivity index (χ2n) is 21.1. The highest BCUT2D eigenvalue weighted by Crippen LogP contribution is 2.36. The van der Waals surface area contributed by atoms with Gasteiger partial charge < -0.3 is 105 Å². The second-order valence-corrected chi connectivity index (χ2v) is 21.1. The number of fused-ring (bicyclic) bond motifs is 4. The third-order valence-electron chi connectivity index (χ3n) is 15.3. The number of nitrogen functional groups attached to an aromatic ring is 4. The molecular weight excluding hydrogens is 1230 g/mol. The van der Waals surface area contributed by atoms with Crippen LogP contribution in [0.15, 0.2) is 63.7 Å². The summed E-state index contributed by atoms with van der Waals surface area (Å²) >= 11 is 0. The van der Waals surface area contributed by atoms with Crippen LogP contribution in [0.2, 0.25) is 0 Å². The Morgan fingerprint density at radius 1 is 0.500 bits per heavy atom. The zero-order valence-corrected chi connectivity index (χ0v) is 46.9. The maximum atomic E-state index is 12.6. The lowest BCUT2D eigenvalue weighted by Crippen LogP contribution is -2.46.